The van der Waals surface area contributed by atoms with Gasteiger partial charge >= 0.3 is 29.6 Å². The Morgan fingerprint density at radius 3 is 2.18 bits per heavy atom. The number of rotatable bonds is 11. The molecule has 2 aromatic rings. The molecule has 5 nitrogen and oxygen atoms in total. The molecule has 0 aliphatic rings. The van der Waals surface area contributed by atoms with Gasteiger partial charge in [0, 0.05) is 5.56 Å². The Kier molecular flexibility index (Phi) is 11.2. The fraction of sp³-hybridized carbons (Fsp3) is 0.429. The minimum Gasteiger partial charge on any atom is -0.872 e. The van der Waals surface area contributed by atoms with E-state index in [1.54, 1.807) is 24.3 Å². The van der Waals surface area contributed by atoms with Gasteiger partial charge in [0.2, 0.25) is 0 Å². The molecular weight excluding hydrogens is 387 g/mol. The van der Waals surface area contributed by atoms with Gasteiger partial charge in [-0.1, -0.05) is 63.6 Å². The van der Waals surface area contributed by atoms with Crippen LogP contribution in [0.2, 0.25) is 0 Å². The second kappa shape index (κ2) is 12.5. The Morgan fingerprint density at radius 1 is 0.964 bits per heavy atom. The monoisotopic (exact) mass is 414 g/mol. The van der Waals surface area contributed by atoms with E-state index in [0.717, 1.165) is 31.7 Å². The zero-order valence-electron chi connectivity index (χ0n) is 16.7. The average Bonchev–Trinajstić information content (AvgIpc) is 2.62. The van der Waals surface area contributed by atoms with Crippen molar-refractivity contribution in [3.05, 3.63) is 48.0 Å². The summed E-state index contributed by atoms with van der Waals surface area (Å²) in [6, 6.07) is 11.1. The summed E-state index contributed by atoms with van der Waals surface area (Å²) in [5.74, 6) is 0.175. The number of unbranched alkanes of at least 4 members (excludes halogenated alkanes) is 6. The molecule has 0 saturated carbocycles. The predicted molar refractivity (Wildman–Crippen MR) is 104 cm³/mol. The summed E-state index contributed by atoms with van der Waals surface area (Å²) in [6.07, 6.45) is 8.01. The smallest absolute Gasteiger partial charge is 0.872 e. The van der Waals surface area contributed by atoms with E-state index in [-0.39, 0.29) is 40.2 Å². The molecule has 0 amide bonds. The van der Waals surface area contributed by atoms with Crippen molar-refractivity contribution in [3.63, 3.8) is 0 Å². The van der Waals surface area contributed by atoms with Crippen molar-refractivity contribution in [3.8, 4) is 17.2 Å². The first-order valence-corrected chi connectivity index (χ1v) is 10.9. The van der Waals surface area contributed by atoms with Crippen molar-refractivity contribution in [2.24, 2.45) is 0 Å². The van der Waals surface area contributed by atoms with Crippen LogP contribution in [0.15, 0.2) is 47.4 Å². The largest absolute Gasteiger partial charge is 1.00 e. The SMILES string of the molecule is CCCCCCCCCc1c(Oc2ccccc2)cc([O-])cc1S(=O)(=O)O.[Na+]. The van der Waals surface area contributed by atoms with E-state index in [1.807, 2.05) is 6.07 Å². The molecule has 2 rings (SSSR count). The van der Waals surface area contributed by atoms with Crippen LogP contribution in [0.25, 0.3) is 0 Å². The van der Waals surface area contributed by atoms with E-state index in [1.165, 1.54) is 25.3 Å². The van der Waals surface area contributed by atoms with Gasteiger partial charge in [-0.3, -0.25) is 4.55 Å². The van der Waals surface area contributed by atoms with Crippen molar-refractivity contribution in [2.45, 2.75) is 63.2 Å². The molecule has 0 spiro atoms. The molecule has 0 atom stereocenters. The van der Waals surface area contributed by atoms with Crippen molar-refractivity contribution in [1.29, 1.82) is 0 Å². The number of benzene rings is 2. The second-order valence-electron chi connectivity index (χ2n) is 6.66. The summed E-state index contributed by atoms with van der Waals surface area (Å²) in [5.41, 5.74) is 0.356. The Labute approximate surface area is 190 Å². The molecule has 0 fully saturated rings. The second-order valence-corrected chi connectivity index (χ2v) is 8.05. The molecule has 0 unspecified atom stereocenters. The molecule has 0 aliphatic carbocycles. The number of ether oxygens (including phenoxy) is 1. The molecule has 0 heterocycles. The fourth-order valence-electron chi connectivity index (χ4n) is 3.04. The van der Waals surface area contributed by atoms with Crippen LogP contribution < -0.4 is 39.4 Å². The normalized spacial score (nSPS) is 11.1. The van der Waals surface area contributed by atoms with Gasteiger partial charge in [0.05, 0.1) is 0 Å². The molecule has 28 heavy (non-hydrogen) atoms. The Morgan fingerprint density at radius 2 is 1.57 bits per heavy atom. The quantitative estimate of drug-likeness (QED) is 0.346. The van der Waals surface area contributed by atoms with Gasteiger partial charge in [0.1, 0.15) is 16.4 Å². The van der Waals surface area contributed by atoms with Crippen molar-refractivity contribution >= 4 is 10.1 Å². The van der Waals surface area contributed by atoms with E-state index in [4.69, 9.17) is 4.74 Å². The average molecular weight is 414 g/mol. The molecule has 0 bridgehead atoms. The third-order valence-electron chi connectivity index (χ3n) is 4.42. The molecule has 1 N–H and O–H groups in total. The zero-order valence-corrected chi connectivity index (χ0v) is 19.5. The summed E-state index contributed by atoms with van der Waals surface area (Å²) >= 11 is 0. The molecule has 0 saturated heterocycles. The van der Waals surface area contributed by atoms with E-state index in [0.29, 0.717) is 17.7 Å². The fourth-order valence-corrected chi connectivity index (χ4v) is 3.82. The summed E-state index contributed by atoms with van der Waals surface area (Å²) in [6.45, 7) is 2.17. The Bertz CT molecular complexity index is 822. The van der Waals surface area contributed by atoms with E-state index in [2.05, 4.69) is 6.92 Å². The van der Waals surface area contributed by atoms with Gasteiger partial charge in [-0.05, 0) is 37.1 Å². The summed E-state index contributed by atoms with van der Waals surface area (Å²) < 4.78 is 38.9. The van der Waals surface area contributed by atoms with E-state index < -0.39 is 15.9 Å². The van der Waals surface area contributed by atoms with Gasteiger partial charge in [0.15, 0.2) is 0 Å². The molecule has 148 valence electrons. The maximum atomic E-state index is 11.9. The topological polar surface area (TPSA) is 86.7 Å². The minimum atomic E-state index is -4.51. The van der Waals surface area contributed by atoms with Crippen LogP contribution in [0.5, 0.6) is 17.2 Å². The molecule has 7 heteroatoms. The molecule has 2 aromatic carbocycles. The summed E-state index contributed by atoms with van der Waals surface area (Å²) in [4.78, 5) is -0.355. The minimum absolute atomic E-state index is 0. The van der Waals surface area contributed by atoms with Crippen LogP contribution in [-0.2, 0) is 16.5 Å². The van der Waals surface area contributed by atoms with Crippen LogP contribution in [0.3, 0.4) is 0 Å². The predicted octanol–water partition coefficient (Wildman–Crippen LogP) is 2.10. The maximum absolute atomic E-state index is 11.9. The Balaban J connectivity index is 0.00000392. The van der Waals surface area contributed by atoms with E-state index in [9.17, 15) is 18.1 Å². The number of hydrogen-bond donors (Lipinski definition) is 1. The van der Waals surface area contributed by atoms with E-state index >= 15 is 0 Å². The standard InChI is InChI=1S/C21H28O5S.Na/c1-2-3-4-5-6-7-11-14-19-20(26-18-12-9-8-10-13-18)15-17(22)16-21(19)27(23,24)25;/h8-10,12-13,15-16,22H,2-7,11,14H2,1H3,(H,23,24,25);/q;+1/p-1. The maximum Gasteiger partial charge on any atom is 1.00 e. The molecular formula is C21H27NaO5S. The van der Waals surface area contributed by atoms with Gasteiger partial charge in [-0.2, -0.15) is 8.42 Å². The van der Waals surface area contributed by atoms with Crippen LogP contribution in [-0.4, -0.2) is 13.0 Å². The van der Waals surface area contributed by atoms with Crippen molar-refractivity contribution < 1.29 is 52.4 Å². The van der Waals surface area contributed by atoms with Crippen molar-refractivity contribution in [2.75, 3.05) is 0 Å². The van der Waals surface area contributed by atoms with Gasteiger partial charge in [0.25, 0.3) is 10.1 Å². The third kappa shape index (κ3) is 8.13. The molecule has 0 radical (unpaired) electrons. The van der Waals surface area contributed by atoms with Crippen LogP contribution >= 0.6 is 0 Å². The first-order valence-electron chi connectivity index (χ1n) is 9.46. The van der Waals surface area contributed by atoms with Gasteiger partial charge in [-0.25, -0.2) is 0 Å². The summed E-state index contributed by atoms with van der Waals surface area (Å²) in [5, 5.41) is 11.9. The van der Waals surface area contributed by atoms with Crippen LogP contribution in [0.1, 0.15) is 57.4 Å². The first kappa shape index (κ1) is 25.0. The molecule has 0 aromatic heterocycles. The van der Waals surface area contributed by atoms with Crippen molar-refractivity contribution in [1.82, 2.24) is 0 Å². The zero-order chi connectivity index (χ0) is 19.7. The Hall–Kier alpha value is -1.05. The number of para-hydroxylation sites is 1. The summed E-state index contributed by atoms with van der Waals surface area (Å²) in [7, 11) is -4.51. The molecule has 0 aliphatic heterocycles. The van der Waals surface area contributed by atoms with Gasteiger partial charge in [-0.15, -0.1) is 5.75 Å². The van der Waals surface area contributed by atoms with Gasteiger partial charge < -0.3 is 9.84 Å². The first-order chi connectivity index (χ1) is 12.9. The van der Waals surface area contributed by atoms with Crippen LogP contribution in [0, 0.1) is 0 Å². The number of hydrogen-bond acceptors (Lipinski definition) is 4. The third-order valence-corrected chi connectivity index (χ3v) is 5.34. The van der Waals surface area contributed by atoms with Crippen LogP contribution in [0.4, 0.5) is 0 Å².